The van der Waals surface area contributed by atoms with E-state index in [2.05, 4.69) is 33.0 Å². The molecule has 28 heavy (non-hydrogen) atoms. The lowest BCUT2D eigenvalue weighted by molar-refractivity contribution is 0.0938. The maximum Gasteiger partial charge on any atom is 0.251 e. The molecule has 1 aromatic carbocycles. The van der Waals surface area contributed by atoms with E-state index in [-0.39, 0.29) is 23.4 Å². The minimum atomic E-state index is -3.59. The highest BCUT2D eigenvalue weighted by atomic mass is 32.2. The molecule has 6 nitrogen and oxygen atoms in total. The zero-order chi connectivity index (χ0) is 20.0. The molecule has 2 aromatic rings. The van der Waals surface area contributed by atoms with E-state index in [1.54, 1.807) is 11.3 Å². The Morgan fingerprint density at radius 1 is 1.21 bits per heavy atom. The number of carbonyl (C=O) groups excluding carboxylic acids is 1. The topological polar surface area (TPSA) is 78.5 Å². The van der Waals surface area contributed by atoms with Crippen LogP contribution in [-0.2, 0) is 10.0 Å². The van der Waals surface area contributed by atoms with Gasteiger partial charge in [0.15, 0.2) is 0 Å². The highest BCUT2D eigenvalue weighted by Crippen LogP contribution is 2.27. The normalized spacial score (nSPS) is 16.0. The monoisotopic (exact) mass is 419 g/mol. The fraction of sp³-hybridized carbons (Fsp3) is 0.350. The maximum atomic E-state index is 12.6. The summed E-state index contributed by atoms with van der Waals surface area (Å²) in [6.45, 7) is 6.27. The molecule has 1 fully saturated rings. The lowest BCUT2D eigenvalue weighted by atomic mass is 10.2. The molecule has 8 heteroatoms. The van der Waals surface area contributed by atoms with Crippen LogP contribution in [0.3, 0.4) is 0 Å². The fourth-order valence-electron chi connectivity index (χ4n) is 3.27. The van der Waals surface area contributed by atoms with Crippen LogP contribution in [0.2, 0.25) is 0 Å². The minimum Gasteiger partial charge on any atom is -0.350 e. The summed E-state index contributed by atoms with van der Waals surface area (Å²) in [4.78, 5) is 16.3. The SMILES string of the molecule is C=CCNS(=O)(=O)c1ccc(C(=O)NCC(c2cccs2)N2CCCC2)cc1. The number of thiophene rings is 1. The fourth-order valence-corrected chi connectivity index (χ4v) is 5.13. The van der Waals surface area contributed by atoms with Crippen LogP contribution in [0.1, 0.15) is 34.1 Å². The van der Waals surface area contributed by atoms with E-state index in [1.807, 2.05) is 6.07 Å². The number of benzene rings is 1. The molecule has 1 atom stereocenters. The number of hydrogen-bond donors (Lipinski definition) is 2. The molecule has 1 amide bonds. The number of hydrogen-bond acceptors (Lipinski definition) is 5. The number of likely N-dealkylation sites (tertiary alicyclic amines) is 1. The van der Waals surface area contributed by atoms with E-state index in [1.165, 1.54) is 48.1 Å². The Balaban J connectivity index is 1.64. The summed E-state index contributed by atoms with van der Waals surface area (Å²) in [5.41, 5.74) is 0.439. The summed E-state index contributed by atoms with van der Waals surface area (Å²) in [7, 11) is -3.59. The van der Waals surface area contributed by atoms with Gasteiger partial charge in [-0.25, -0.2) is 13.1 Å². The first-order valence-corrected chi connectivity index (χ1v) is 11.6. The van der Waals surface area contributed by atoms with E-state index in [0.717, 1.165) is 13.1 Å². The molecule has 0 bridgehead atoms. The number of nitrogens with one attached hydrogen (secondary N) is 2. The van der Waals surface area contributed by atoms with Crippen LogP contribution in [-0.4, -0.2) is 45.4 Å². The van der Waals surface area contributed by atoms with Gasteiger partial charge in [-0.15, -0.1) is 17.9 Å². The largest absolute Gasteiger partial charge is 0.350 e. The van der Waals surface area contributed by atoms with Crippen molar-refractivity contribution >= 4 is 27.3 Å². The van der Waals surface area contributed by atoms with Gasteiger partial charge in [-0.1, -0.05) is 12.1 Å². The van der Waals surface area contributed by atoms with Gasteiger partial charge in [0.25, 0.3) is 5.91 Å². The average molecular weight is 420 g/mol. The number of amides is 1. The molecule has 150 valence electrons. The predicted octanol–water partition coefficient (Wildman–Crippen LogP) is 2.78. The lowest BCUT2D eigenvalue weighted by Crippen LogP contribution is -2.36. The van der Waals surface area contributed by atoms with Gasteiger partial charge in [-0.3, -0.25) is 9.69 Å². The molecule has 1 aliphatic heterocycles. The van der Waals surface area contributed by atoms with Crippen molar-refractivity contribution in [2.75, 3.05) is 26.2 Å². The first-order valence-electron chi connectivity index (χ1n) is 9.27. The first-order chi connectivity index (χ1) is 13.5. The molecule has 0 radical (unpaired) electrons. The zero-order valence-corrected chi connectivity index (χ0v) is 17.3. The highest BCUT2D eigenvalue weighted by molar-refractivity contribution is 7.89. The third-order valence-corrected chi connectivity index (χ3v) is 7.17. The molecular weight excluding hydrogens is 394 g/mol. The molecule has 1 unspecified atom stereocenters. The van der Waals surface area contributed by atoms with Crippen molar-refractivity contribution in [3.8, 4) is 0 Å². The second-order valence-corrected chi connectivity index (χ2v) is 9.40. The van der Waals surface area contributed by atoms with E-state index in [0.29, 0.717) is 12.1 Å². The van der Waals surface area contributed by atoms with Gasteiger partial charge in [0.1, 0.15) is 0 Å². The van der Waals surface area contributed by atoms with Crippen LogP contribution in [0.5, 0.6) is 0 Å². The Bertz CT molecular complexity index is 887. The third-order valence-electron chi connectivity index (χ3n) is 4.75. The Morgan fingerprint density at radius 3 is 2.54 bits per heavy atom. The summed E-state index contributed by atoms with van der Waals surface area (Å²) in [5, 5.41) is 5.06. The van der Waals surface area contributed by atoms with Crippen molar-refractivity contribution in [2.24, 2.45) is 0 Å². The summed E-state index contributed by atoms with van der Waals surface area (Å²) < 4.78 is 26.6. The van der Waals surface area contributed by atoms with Gasteiger partial charge in [0.05, 0.1) is 10.9 Å². The van der Waals surface area contributed by atoms with Crippen LogP contribution >= 0.6 is 11.3 Å². The Kier molecular flexibility index (Phi) is 7.01. The minimum absolute atomic E-state index is 0.124. The number of sulfonamides is 1. The second-order valence-electron chi connectivity index (χ2n) is 6.65. The molecule has 1 aliphatic rings. The predicted molar refractivity (Wildman–Crippen MR) is 112 cm³/mol. The van der Waals surface area contributed by atoms with Crippen molar-refractivity contribution in [3.05, 3.63) is 64.9 Å². The molecular formula is C20H25N3O3S2. The molecule has 0 aliphatic carbocycles. The Hall–Kier alpha value is -2.00. The molecule has 3 rings (SSSR count). The smallest absolute Gasteiger partial charge is 0.251 e. The van der Waals surface area contributed by atoms with E-state index < -0.39 is 10.0 Å². The van der Waals surface area contributed by atoms with Crippen LogP contribution in [0.25, 0.3) is 0 Å². The van der Waals surface area contributed by atoms with Crippen molar-refractivity contribution in [1.29, 1.82) is 0 Å². The third kappa shape index (κ3) is 5.08. The van der Waals surface area contributed by atoms with Crippen LogP contribution in [0.15, 0.2) is 59.3 Å². The van der Waals surface area contributed by atoms with Crippen molar-refractivity contribution < 1.29 is 13.2 Å². The Morgan fingerprint density at radius 2 is 1.93 bits per heavy atom. The molecule has 0 saturated carbocycles. The quantitative estimate of drug-likeness (QED) is 0.613. The zero-order valence-electron chi connectivity index (χ0n) is 15.6. The molecule has 1 saturated heterocycles. The Labute approximate surface area is 170 Å². The summed E-state index contributed by atoms with van der Waals surface area (Å²) in [5.74, 6) is -0.205. The van der Waals surface area contributed by atoms with Crippen LogP contribution < -0.4 is 10.0 Å². The number of nitrogens with zero attached hydrogens (tertiary/aromatic N) is 1. The van der Waals surface area contributed by atoms with Crippen LogP contribution in [0, 0.1) is 0 Å². The summed E-state index contributed by atoms with van der Waals surface area (Å²) in [6, 6.07) is 10.3. The van der Waals surface area contributed by atoms with E-state index in [9.17, 15) is 13.2 Å². The second kappa shape index (κ2) is 9.47. The standard InChI is InChI=1S/C20H25N3O3S2/c1-2-11-22-28(25,26)17-9-7-16(8-10-17)20(24)21-15-18(19-6-5-14-27-19)23-12-3-4-13-23/h2,5-10,14,18,22H,1,3-4,11-13,15H2,(H,21,24). The van der Waals surface area contributed by atoms with Gasteiger partial charge >= 0.3 is 0 Å². The van der Waals surface area contributed by atoms with Gasteiger partial charge in [-0.2, -0.15) is 0 Å². The van der Waals surface area contributed by atoms with Gasteiger partial charge < -0.3 is 5.32 Å². The van der Waals surface area contributed by atoms with Gasteiger partial charge in [0, 0.05) is 23.5 Å². The first kappa shape index (κ1) is 20.7. The van der Waals surface area contributed by atoms with Crippen molar-refractivity contribution in [2.45, 2.75) is 23.8 Å². The molecule has 1 aromatic heterocycles. The van der Waals surface area contributed by atoms with Crippen molar-refractivity contribution in [3.63, 3.8) is 0 Å². The number of rotatable bonds is 9. The molecule has 2 N–H and O–H groups in total. The van der Waals surface area contributed by atoms with Crippen LogP contribution in [0.4, 0.5) is 0 Å². The highest BCUT2D eigenvalue weighted by Gasteiger charge is 2.25. The molecule has 0 spiro atoms. The van der Waals surface area contributed by atoms with Gasteiger partial charge in [-0.05, 0) is 61.6 Å². The summed E-state index contributed by atoms with van der Waals surface area (Å²) >= 11 is 1.70. The maximum absolute atomic E-state index is 12.6. The van der Waals surface area contributed by atoms with E-state index in [4.69, 9.17) is 0 Å². The van der Waals surface area contributed by atoms with Crippen molar-refractivity contribution in [1.82, 2.24) is 14.9 Å². The number of carbonyl (C=O) groups is 1. The van der Waals surface area contributed by atoms with E-state index >= 15 is 0 Å². The lowest BCUT2D eigenvalue weighted by Gasteiger charge is -2.27. The summed E-state index contributed by atoms with van der Waals surface area (Å²) in [6.07, 6.45) is 3.85. The molecule has 2 heterocycles. The van der Waals surface area contributed by atoms with Gasteiger partial charge in [0.2, 0.25) is 10.0 Å². The average Bonchev–Trinajstić information content (AvgIpc) is 3.41.